The summed E-state index contributed by atoms with van der Waals surface area (Å²) in [6.07, 6.45) is 2.77. The van der Waals surface area contributed by atoms with Crippen molar-refractivity contribution in [3.63, 3.8) is 0 Å². The number of thiophene rings is 1. The molecule has 3 aromatic heterocycles. The van der Waals surface area contributed by atoms with Crippen LogP contribution in [0.15, 0.2) is 66.2 Å². The number of nitrogens with one attached hydrogen (secondary N) is 1. The number of carbonyl (C=O) groups excluding carboxylic acids is 1. The molecule has 0 unspecified atom stereocenters. The zero-order chi connectivity index (χ0) is 18.5. The molecule has 0 aliphatic rings. The van der Waals surface area contributed by atoms with Gasteiger partial charge in [-0.15, -0.1) is 11.3 Å². The Morgan fingerprint density at radius 2 is 1.96 bits per heavy atom. The number of hydrogen-bond donors (Lipinski definition) is 1. The lowest BCUT2D eigenvalue weighted by molar-refractivity contribution is -0.121. The van der Waals surface area contributed by atoms with Crippen LogP contribution in [-0.4, -0.2) is 20.4 Å². The third-order valence-corrected chi connectivity index (χ3v) is 5.25. The lowest BCUT2D eigenvalue weighted by Crippen LogP contribution is -2.23. The molecule has 4 rings (SSSR count). The first-order valence-corrected chi connectivity index (χ1v) is 9.81. The number of hydrogen-bond acceptors (Lipinski definition) is 4. The van der Waals surface area contributed by atoms with Crippen molar-refractivity contribution in [2.45, 2.75) is 25.9 Å². The molecule has 0 radical (unpaired) electrons. The maximum Gasteiger partial charge on any atom is 0.220 e. The molecule has 136 valence electrons. The summed E-state index contributed by atoms with van der Waals surface area (Å²) >= 11 is 1.71. The van der Waals surface area contributed by atoms with Gasteiger partial charge in [0.2, 0.25) is 5.91 Å². The number of nitrogens with zero attached hydrogens (tertiary/aromatic N) is 3. The summed E-state index contributed by atoms with van der Waals surface area (Å²) in [4.78, 5) is 22.7. The van der Waals surface area contributed by atoms with E-state index in [1.807, 2.05) is 48.5 Å². The van der Waals surface area contributed by atoms with E-state index >= 15 is 0 Å². The van der Waals surface area contributed by atoms with Crippen LogP contribution >= 0.6 is 11.3 Å². The monoisotopic (exact) mass is 376 g/mol. The lowest BCUT2D eigenvalue weighted by Gasteiger charge is -2.08. The number of amides is 1. The van der Waals surface area contributed by atoms with Gasteiger partial charge in [0.05, 0.1) is 6.54 Å². The summed E-state index contributed by atoms with van der Waals surface area (Å²) in [6, 6.07) is 17.9. The van der Waals surface area contributed by atoms with E-state index in [4.69, 9.17) is 4.98 Å². The Balaban J connectivity index is 1.45. The molecule has 1 N–H and O–H groups in total. The number of rotatable bonds is 7. The largest absolute Gasteiger partial charge is 0.352 e. The second kappa shape index (κ2) is 8.14. The van der Waals surface area contributed by atoms with E-state index in [2.05, 4.69) is 26.3 Å². The summed E-state index contributed by atoms with van der Waals surface area (Å²) in [7, 11) is 0. The highest BCUT2D eigenvalue weighted by Gasteiger charge is 2.14. The first-order valence-electron chi connectivity index (χ1n) is 8.93. The molecule has 0 spiro atoms. The average molecular weight is 376 g/mol. The number of fused-ring (bicyclic) bond motifs is 1. The molecule has 0 fully saturated rings. The Bertz CT molecular complexity index is 1020. The fraction of sp³-hybridized carbons (Fsp3) is 0.190. The van der Waals surface area contributed by atoms with Crippen molar-refractivity contribution < 1.29 is 4.79 Å². The van der Waals surface area contributed by atoms with Gasteiger partial charge in [-0.3, -0.25) is 4.79 Å². The number of carbonyl (C=O) groups is 1. The lowest BCUT2D eigenvalue weighted by atomic mass is 10.2. The van der Waals surface area contributed by atoms with Crippen LogP contribution in [0.25, 0.3) is 11.2 Å². The predicted octanol–water partition coefficient (Wildman–Crippen LogP) is 3.79. The molecule has 27 heavy (non-hydrogen) atoms. The standard InChI is InChI=1S/C21H20N4OS/c26-20(23-14-16-6-2-1-3-7-16)11-10-19-24-18-9-4-12-22-21(18)25(19)15-17-8-5-13-27-17/h1-9,12-13H,10-11,14-15H2,(H,23,26). The molecule has 0 atom stereocenters. The molecule has 5 nitrogen and oxygen atoms in total. The molecule has 0 bridgehead atoms. The van der Waals surface area contributed by atoms with E-state index in [9.17, 15) is 4.79 Å². The van der Waals surface area contributed by atoms with Gasteiger partial charge in [0.15, 0.2) is 5.65 Å². The SMILES string of the molecule is O=C(CCc1nc2cccnc2n1Cc1cccs1)NCc1ccccc1. The van der Waals surface area contributed by atoms with Crippen LogP contribution in [-0.2, 0) is 24.3 Å². The number of pyridine rings is 1. The number of aryl methyl sites for hydroxylation is 1. The van der Waals surface area contributed by atoms with Gasteiger partial charge < -0.3 is 9.88 Å². The number of benzene rings is 1. The minimum Gasteiger partial charge on any atom is -0.352 e. The van der Waals surface area contributed by atoms with Gasteiger partial charge in [-0.1, -0.05) is 36.4 Å². The maximum atomic E-state index is 12.3. The summed E-state index contributed by atoms with van der Waals surface area (Å²) < 4.78 is 2.12. The third-order valence-electron chi connectivity index (χ3n) is 4.39. The summed E-state index contributed by atoms with van der Waals surface area (Å²) in [5, 5.41) is 5.05. The van der Waals surface area contributed by atoms with Crippen LogP contribution in [0.3, 0.4) is 0 Å². The normalized spacial score (nSPS) is 11.0. The Morgan fingerprint density at radius 3 is 2.78 bits per heavy atom. The maximum absolute atomic E-state index is 12.3. The highest BCUT2D eigenvalue weighted by atomic mass is 32.1. The summed E-state index contributed by atoms with van der Waals surface area (Å²) in [5.41, 5.74) is 2.83. The van der Waals surface area contributed by atoms with Crippen LogP contribution in [0.2, 0.25) is 0 Å². The zero-order valence-corrected chi connectivity index (χ0v) is 15.7. The van der Waals surface area contributed by atoms with E-state index < -0.39 is 0 Å². The number of imidazole rings is 1. The van der Waals surface area contributed by atoms with Gasteiger partial charge >= 0.3 is 0 Å². The molecule has 0 saturated carbocycles. The van der Waals surface area contributed by atoms with Crippen molar-refractivity contribution in [3.8, 4) is 0 Å². The van der Waals surface area contributed by atoms with Crippen molar-refractivity contribution in [1.29, 1.82) is 0 Å². The Morgan fingerprint density at radius 1 is 1.07 bits per heavy atom. The van der Waals surface area contributed by atoms with Crippen LogP contribution < -0.4 is 5.32 Å². The highest BCUT2D eigenvalue weighted by Crippen LogP contribution is 2.19. The minimum atomic E-state index is 0.0292. The first-order chi connectivity index (χ1) is 13.3. The second-order valence-corrected chi connectivity index (χ2v) is 7.33. The molecule has 6 heteroatoms. The van der Waals surface area contributed by atoms with Gasteiger partial charge in [-0.2, -0.15) is 0 Å². The summed E-state index contributed by atoms with van der Waals surface area (Å²) in [6.45, 7) is 1.28. The zero-order valence-electron chi connectivity index (χ0n) is 14.8. The average Bonchev–Trinajstić information content (AvgIpc) is 3.34. The van der Waals surface area contributed by atoms with Crippen molar-refractivity contribution in [2.24, 2.45) is 0 Å². The van der Waals surface area contributed by atoms with Gasteiger partial charge in [0.25, 0.3) is 0 Å². The topological polar surface area (TPSA) is 59.8 Å². The molecular formula is C21H20N4OS. The second-order valence-electron chi connectivity index (χ2n) is 6.30. The van der Waals surface area contributed by atoms with Crippen LogP contribution in [0.1, 0.15) is 22.7 Å². The van der Waals surface area contributed by atoms with Gasteiger partial charge in [-0.25, -0.2) is 9.97 Å². The summed E-state index contributed by atoms with van der Waals surface area (Å²) in [5.74, 6) is 0.925. The van der Waals surface area contributed by atoms with E-state index in [1.54, 1.807) is 17.5 Å². The fourth-order valence-corrected chi connectivity index (χ4v) is 3.72. The Kier molecular flexibility index (Phi) is 5.25. The van der Waals surface area contributed by atoms with E-state index in [1.165, 1.54) is 4.88 Å². The van der Waals surface area contributed by atoms with Gasteiger partial charge in [0, 0.05) is 30.5 Å². The van der Waals surface area contributed by atoms with Crippen molar-refractivity contribution in [1.82, 2.24) is 19.9 Å². The van der Waals surface area contributed by atoms with E-state index in [-0.39, 0.29) is 5.91 Å². The van der Waals surface area contributed by atoms with Crippen LogP contribution in [0.4, 0.5) is 0 Å². The predicted molar refractivity (Wildman–Crippen MR) is 108 cm³/mol. The molecule has 0 aliphatic carbocycles. The van der Waals surface area contributed by atoms with E-state index in [0.29, 0.717) is 19.4 Å². The van der Waals surface area contributed by atoms with Crippen LogP contribution in [0.5, 0.6) is 0 Å². The van der Waals surface area contributed by atoms with Crippen molar-refractivity contribution in [2.75, 3.05) is 0 Å². The molecule has 0 saturated heterocycles. The highest BCUT2D eigenvalue weighted by molar-refractivity contribution is 7.09. The minimum absolute atomic E-state index is 0.0292. The third kappa shape index (κ3) is 4.23. The van der Waals surface area contributed by atoms with E-state index in [0.717, 1.165) is 29.1 Å². The van der Waals surface area contributed by atoms with Crippen molar-refractivity contribution >= 4 is 28.4 Å². The quantitative estimate of drug-likeness (QED) is 0.534. The number of aromatic nitrogens is 3. The van der Waals surface area contributed by atoms with Crippen molar-refractivity contribution in [3.05, 3.63) is 82.4 Å². The molecule has 4 aromatic rings. The van der Waals surface area contributed by atoms with Gasteiger partial charge in [-0.05, 0) is 29.1 Å². The molecular weight excluding hydrogens is 356 g/mol. The smallest absolute Gasteiger partial charge is 0.220 e. The Labute approximate surface area is 161 Å². The van der Waals surface area contributed by atoms with Gasteiger partial charge in [0.1, 0.15) is 11.3 Å². The molecule has 1 amide bonds. The molecule has 0 aliphatic heterocycles. The Hall–Kier alpha value is -2.99. The molecule has 3 heterocycles. The molecule has 1 aromatic carbocycles. The first kappa shape index (κ1) is 17.4. The fourth-order valence-electron chi connectivity index (χ4n) is 3.03. The van der Waals surface area contributed by atoms with Crippen LogP contribution in [0, 0.1) is 0 Å².